The highest BCUT2D eigenvalue weighted by Crippen LogP contribution is 2.37. The number of hydrogen-bond acceptors (Lipinski definition) is 2. The predicted molar refractivity (Wildman–Crippen MR) is 99.5 cm³/mol. The molecule has 1 fully saturated rings. The summed E-state index contributed by atoms with van der Waals surface area (Å²) in [5.41, 5.74) is 0.418. The van der Waals surface area contributed by atoms with Crippen LogP contribution in [0.25, 0.3) is 0 Å². The van der Waals surface area contributed by atoms with E-state index in [1.165, 1.54) is 19.3 Å². The summed E-state index contributed by atoms with van der Waals surface area (Å²) >= 11 is 0. The molecule has 0 unspecified atom stereocenters. The normalized spacial score (nSPS) is 16.0. The Morgan fingerprint density at radius 2 is 1.57 bits per heavy atom. The van der Waals surface area contributed by atoms with Crippen molar-refractivity contribution in [1.82, 2.24) is 4.90 Å². The zero-order valence-electron chi connectivity index (χ0n) is 16.4. The van der Waals surface area contributed by atoms with Crippen LogP contribution in [-0.2, 0) is 4.79 Å². The average molecular weight is 328 g/mol. The molecule has 0 bridgehead atoms. The molecule has 1 N–H and O–H groups in total. The summed E-state index contributed by atoms with van der Waals surface area (Å²) in [6, 6.07) is 0. The van der Waals surface area contributed by atoms with E-state index in [0.29, 0.717) is 24.3 Å². The molecule has 3 heteroatoms. The second kappa shape index (κ2) is 12.8. The fraction of sp³-hybridized carbons (Fsp3) is 0.950. The molecule has 1 heterocycles. The fourth-order valence-corrected chi connectivity index (χ4v) is 3.28. The fourth-order valence-electron chi connectivity index (χ4n) is 3.28. The van der Waals surface area contributed by atoms with Crippen molar-refractivity contribution in [2.45, 2.75) is 92.4 Å². The lowest BCUT2D eigenvalue weighted by Crippen LogP contribution is -2.41. The Hall–Kier alpha value is -0.570. The third kappa shape index (κ3) is 8.74. The van der Waals surface area contributed by atoms with E-state index >= 15 is 0 Å². The van der Waals surface area contributed by atoms with Crippen LogP contribution >= 0.6 is 0 Å². The van der Waals surface area contributed by atoms with Crippen molar-refractivity contribution in [3.63, 3.8) is 0 Å². The lowest BCUT2D eigenvalue weighted by Gasteiger charge is -2.40. The van der Waals surface area contributed by atoms with Gasteiger partial charge in [-0.15, -0.1) is 0 Å². The van der Waals surface area contributed by atoms with Crippen molar-refractivity contribution in [1.29, 1.82) is 0 Å². The molecule has 0 aliphatic carbocycles. The molecule has 1 rings (SSSR count). The number of carbonyl (C=O) groups excluding carboxylic acids is 1. The van der Waals surface area contributed by atoms with Gasteiger partial charge < -0.3 is 10.0 Å². The minimum absolute atomic E-state index is 0.294. The standard InChI is InChI=1S/C18H35NO2.C2H6/c1-4-18(2,3)16-11-13-19(14-12-16)17(21)10-8-6-5-7-9-15-20;1-2/h16,20H,4-15H2,1-3H3;1-2H3. The summed E-state index contributed by atoms with van der Waals surface area (Å²) in [7, 11) is 0. The van der Waals surface area contributed by atoms with Crippen LogP contribution in [0.3, 0.4) is 0 Å². The van der Waals surface area contributed by atoms with Crippen molar-refractivity contribution < 1.29 is 9.90 Å². The Morgan fingerprint density at radius 1 is 1.04 bits per heavy atom. The zero-order valence-corrected chi connectivity index (χ0v) is 16.4. The summed E-state index contributed by atoms with van der Waals surface area (Å²) in [4.78, 5) is 14.3. The lowest BCUT2D eigenvalue weighted by molar-refractivity contribution is -0.133. The summed E-state index contributed by atoms with van der Waals surface area (Å²) < 4.78 is 0. The van der Waals surface area contributed by atoms with Crippen LogP contribution < -0.4 is 0 Å². The van der Waals surface area contributed by atoms with E-state index in [1.54, 1.807) is 0 Å². The van der Waals surface area contributed by atoms with Crippen LogP contribution in [0, 0.1) is 11.3 Å². The Labute approximate surface area is 144 Å². The zero-order chi connectivity index (χ0) is 17.7. The second-order valence-electron chi connectivity index (χ2n) is 7.24. The van der Waals surface area contributed by atoms with Crippen LogP contribution in [0.4, 0.5) is 0 Å². The van der Waals surface area contributed by atoms with Gasteiger partial charge in [0.25, 0.3) is 0 Å². The number of amides is 1. The maximum absolute atomic E-state index is 12.2. The average Bonchev–Trinajstić information content (AvgIpc) is 2.59. The minimum atomic E-state index is 0.294. The number of aliphatic hydroxyl groups excluding tert-OH is 1. The number of hydrogen-bond donors (Lipinski definition) is 1. The number of piperidine rings is 1. The summed E-state index contributed by atoms with van der Waals surface area (Å²) in [5.74, 6) is 1.12. The number of unbranched alkanes of at least 4 members (excludes halogenated alkanes) is 4. The van der Waals surface area contributed by atoms with Crippen LogP contribution in [0.5, 0.6) is 0 Å². The molecule has 0 radical (unpaired) electrons. The predicted octanol–water partition coefficient (Wildman–Crippen LogP) is 5.02. The quantitative estimate of drug-likeness (QED) is 0.604. The number of rotatable bonds is 9. The summed E-state index contributed by atoms with van der Waals surface area (Å²) in [6.45, 7) is 13.2. The highest BCUT2D eigenvalue weighted by atomic mass is 16.2. The van der Waals surface area contributed by atoms with E-state index in [1.807, 2.05) is 13.8 Å². The van der Waals surface area contributed by atoms with Crippen LogP contribution in [0.1, 0.15) is 92.4 Å². The first-order valence-electron chi connectivity index (χ1n) is 9.90. The van der Waals surface area contributed by atoms with Crippen LogP contribution in [0.2, 0.25) is 0 Å². The third-order valence-corrected chi connectivity index (χ3v) is 5.41. The molecule has 1 aliphatic rings. The monoisotopic (exact) mass is 327 g/mol. The number of aliphatic hydroxyl groups is 1. The van der Waals surface area contributed by atoms with Gasteiger partial charge in [-0.2, -0.15) is 0 Å². The largest absolute Gasteiger partial charge is 0.396 e. The molecule has 0 atom stereocenters. The van der Waals surface area contributed by atoms with Gasteiger partial charge in [-0.05, 0) is 37.0 Å². The highest BCUT2D eigenvalue weighted by molar-refractivity contribution is 5.76. The molecule has 1 aliphatic heterocycles. The van der Waals surface area contributed by atoms with Gasteiger partial charge in [-0.3, -0.25) is 4.79 Å². The van der Waals surface area contributed by atoms with Crippen molar-refractivity contribution in [3.8, 4) is 0 Å². The summed E-state index contributed by atoms with van der Waals surface area (Å²) in [5, 5.41) is 8.72. The second-order valence-corrected chi connectivity index (χ2v) is 7.24. The van der Waals surface area contributed by atoms with Gasteiger partial charge in [0.2, 0.25) is 5.91 Å². The van der Waals surface area contributed by atoms with Gasteiger partial charge in [0.1, 0.15) is 0 Å². The minimum Gasteiger partial charge on any atom is -0.396 e. The topological polar surface area (TPSA) is 40.5 Å². The van der Waals surface area contributed by atoms with Gasteiger partial charge in [0.15, 0.2) is 0 Å². The van der Waals surface area contributed by atoms with E-state index in [9.17, 15) is 4.79 Å². The van der Waals surface area contributed by atoms with Gasteiger partial charge in [0, 0.05) is 26.1 Å². The van der Waals surface area contributed by atoms with E-state index in [4.69, 9.17) is 5.11 Å². The molecule has 0 aromatic heterocycles. The first-order chi connectivity index (χ1) is 11.0. The van der Waals surface area contributed by atoms with Gasteiger partial charge in [-0.1, -0.05) is 60.3 Å². The first-order valence-corrected chi connectivity index (χ1v) is 9.90. The first kappa shape index (κ1) is 22.4. The number of carbonyl (C=O) groups is 1. The molecule has 1 saturated heterocycles. The van der Waals surface area contributed by atoms with E-state index in [-0.39, 0.29) is 0 Å². The highest BCUT2D eigenvalue weighted by Gasteiger charge is 2.32. The van der Waals surface area contributed by atoms with Crippen molar-refractivity contribution in [2.24, 2.45) is 11.3 Å². The van der Waals surface area contributed by atoms with Gasteiger partial charge >= 0.3 is 0 Å². The van der Waals surface area contributed by atoms with E-state index < -0.39 is 0 Å². The molecule has 0 saturated carbocycles. The van der Waals surface area contributed by atoms with Gasteiger partial charge in [-0.25, -0.2) is 0 Å². The smallest absolute Gasteiger partial charge is 0.222 e. The Morgan fingerprint density at radius 3 is 2.09 bits per heavy atom. The molecule has 0 aromatic carbocycles. The van der Waals surface area contributed by atoms with Crippen LogP contribution in [-0.4, -0.2) is 35.6 Å². The molecule has 23 heavy (non-hydrogen) atoms. The maximum atomic E-state index is 12.2. The molecule has 138 valence electrons. The SMILES string of the molecule is CC.CCC(C)(C)C1CCN(C(=O)CCCCCCCO)CC1. The molecule has 1 amide bonds. The van der Waals surface area contributed by atoms with Crippen molar-refractivity contribution in [3.05, 3.63) is 0 Å². The third-order valence-electron chi connectivity index (χ3n) is 5.41. The Bertz CT molecular complexity index is 294. The number of nitrogens with zero attached hydrogens (tertiary/aromatic N) is 1. The molecule has 0 aromatic rings. The molecular weight excluding hydrogens is 286 g/mol. The lowest BCUT2D eigenvalue weighted by atomic mass is 9.72. The van der Waals surface area contributed by atoms with Crippen LogP contribution in [0.15, 0.2) is 0 Å². The van der Waals surface area contributed by atoms with Gasteiger partial charge in [0.05, 0.1) is 0 Å². The van der Waals surface area contributed by atoms with Crippen molar-refractivity contribution >= 4 is 5.91 Å². The Kier molecular flexibility index (Phi) is 12.5. The Balaban J connectivity index is 0.00000232. The maximum Gasteiger partial charge on any atom is 0.222 e. The number of likely N-dealkylation sites (tertiary alicyclic amines) is 1. The molecule has 3 nitrogen and oxygen atoms in total. The molecule has 0 spiro atoms. The molecular formula is C20H41NO2. The summed E-state index contributed by atoms with van der Waals surface area (Å²) in [6.07, 6.45) is 9.51. The van der Waals surface area contributed by atoms with E-state index in [2.05, 4.69) is 25.7 Å². The van der Waals surface area contributed by atoms with E-state index in [0.717, 1.165) is 51.1 Å². The van der Waals surface area contributed by atoms with Crippen molar-refractivity contribution in [2.75, 3.05) is 19.7 Å².